The Morgan fingerprint density at radius 3 is 2.48 bits per heavy atom. The van der Waals surface area contributed by atoms with Crippen molar-refractivity contribution in [2.75, 3.05) is 11.9 Å². The van der Waals surface area contributed by atoms with Gasteiger partial charge in [0, 0.05) is 10.6 Å². The summed E-state index contributed by atoms with van der Waals surface area (Å²) in [5, 5.41) is 15.5. The maximum atomic E-state index is 12.1. The standard InChI is InChI=1S/C19H21ClN2O3/c1-19(2,3)13-7-8-16(23)15(10-13)22-17(24)11-21-18(25)12-5-4-6-14(20)9-12/h4-10,23H,11H2,1-3H3,(H,21,25)(H,22,24). The molecule has 2 amide bonds. The van der Waals surface area contributed by atoms with E-state index in [2.05, 4.69) is 10.6 Å². The predicted octanol–water partition coefficient (Wildman–Crippen LogP) is 3.71. The summed E-state index contributed by atoms with van der Waals surface area (Å²) >= 11 is 5.84. The van der Waals surface area contributed by atoms with Crippen molar-refractivity contribution in [3.63, 3.8) is 0 Å². The maximum absolute atomic E-state index is 12.1. The Bertz CT molecular complexity index is 797. The molecule has 0 heterocycles. The van der Waals surface area contributed by atoms with Crippen LogP contribution in [0.15, 0.2) is 42.5 Å². The molecule has 0 fully saturated rings. The third kappa shape index (κ3) is 5.22. The Labute approximate surface area is 152 Å². The van der Waals surface area contributed by atoms with Gasteiger partial charge >= 0.3 is 0 Å². The fraction of sp³-hybridized carbons (Fsp3) is 0.263. The van der Waals surface area contributed by atoms with Gasteiger partial charge in [0.15, 0.2) is 0 Å². The molecule has 5 nitrogen and oxygen atoms in total. The smallest absolute Gasteiger partial charge is 0.251 e. The summed E-state index contributed by atoms with van der Waals surface area (Å²) in [4.78, 5) is 24.1. The van der Waals surface area contributed by atoms with Crippen molar-refractivity contribution < 1.29 is 14.7 Å². The van der Waals surface area contributed by atoms with Gasteiger partial charge < -0.3 is 15.7 Å². The number of amides is 2. The second-order valence-electron chi connectivity index (χ2n) is 6.72. The summed E-state index contributed by atoms with van der Waals surface area (Å²) in [6.45, 7) is 5.90. The molecule has 2 aromatic rings. The van der Waals surface area contributed by atoms with E-state index in [0.29, 0.717) is 16.3 Å². The van der Waals surface area contributed by atoms with E-state index in [-0.39, 0.29) is 17.7 Å². The summed E-state index contributed by atoms with van der Waals surface area (Å²) in [6, 6.07) is 11.5. The van der Waals surface area contributed by atoms with Crippen molar-refractivity contribution >= 4 is 29.1 Å². The number of halogens is 1. The van der Waals surface area contributed by atoms with Gasteiger partial charge in [0.25, 0.3) is 5.91 Å². The Morgan fingerprint density at radius 2 is 1.84 bits per heavy atom. The third-order valence-corrected chi connectivity index (χ3v) is 3.87. The molecule has 0 saturated heterocycles. The summed E-state index contributed by atoms with van der Waals surface area (Å²) < 4.78 is 0. The van der Waals surface area contributed by atoms with Crippen LogP contribution in [0.1, 0.15) is 36.7 Å². The van der Waals surface area contributed by atoms with Gasteiger partial charge in [-0.25, -0.2) is 0 Å². The van der Waals surface area contributed by atoms with Gasteiger partial charge in [-0.1, -0.05) is 44.5 Å². The number of carbonyl (C=O) groups is 2. The minimum atomic E-state index is -0.434. The molecule has 3 N–H and O–H groups in total. The van der Waals surface area contributed by atoms with Crippen LogP contribution in [0.25, 0.3) is 0 Å². The van der Waals surface area contributed by atoms with Crippen LogP contribution in [0, 0.1) is 0 Å². The minimum Gasteiger partial charge on any atom is -0.506 e. The Morgan fingerprint density at radius 1 is 1.12 bits per heavy atom. The Hall–Kier alpha value is -2.53. The number of nitrogens with one attached hydrogen (secondary N) is 2. The van der Waals surface area contributed by atoms with Crippen LogP contribution in [0.3, 0.4) is 0 Å². The van der Waals surface area contributed by atoms with Gasteiger partial charge in [-0.15, -0.1) is 0 Å². The number of anilines is 1. The first-order chi connectivity index (χ1) is 11.7. The number of phenols is 1. The molecule has 132 valence electrons. The second-order valence-corrected chi connectivity index (χ2v) is 7.16. The number of aromatic hydroxyl groups is 1. The SMILES string of the molecule is CC(C)(C)c1ccc(O)c(NC(=O)CNC(=O)c2cccc(Cl)c2)c1. The van der Waals surface area contributed by atoms with Crippen molar-refractivity contribution in [2.45, 2.75) is 26.2 Å². The lowest BCUT2D eigenvalue weighted by Crippen LogP contribution is -2.32. The first kappa shape index (κ1) is 18.8. The molecule has 0 aliphatic heterocycles. The predicted molar refractivity (Wildman–Crippen MR) is 99.2 cm³/mol. The fourth-order valence-electron chi connectivity index (χ4n) is 2.19. The molecule has 0 bridgehead atoms. The van der Waals surface area contributed by atoms with Crippen molar-refractivity contribution in [1.29, 1.82) is 0 Å². The van der Waals surface area contributed by atoms with Crippen LogP contribution in [-0.4, -0.2) is 23.5 Å². The normalized spacial score (nSPS) is 11.0. The van der Waals surface area contributed by atoms with Crippen LogP contribution in [0.2, 0.25) is 5.02 Å². The topological polar surface area (TPSA) is 78.4 Å². The van der Waals surface area contributed by atoms with E-state index in [1.165, 1.54) is 6.07 Å². The number of carbonyl (C=O) groups excluding carboxylic acids is 2. The largest absolute Gasteiger partial charge is 0.506 e. The van der Waals surface area contributed by atoms with E-state index < -0.39 is 11.8 Å². The van der Waals surface area contributed by atoms with Crippen molar-refractivity contribution in [1.82, 2.24) is 5.32 Å². The molecule has 0 aromatic heterocycles. The molecule has 2 rings (SSSR count). The highest BCUT2D eigenvalue weighted by Gasteiger charge is 2.16. The molecule has 0 aliphatic carbocycles. The lowest BCUT2D eigenvalue weighted by Gasteiger charge is -2.20. The zero-order valence-corrected chi connectivity index (χ0v) is 15.1. The number of phenolic OH excluding ortho intramolecular Hbond substituents is 1. The molecular formula is C19H21ClN2O3. The molecule has 0 atom stereocenters. The van der Waals surface area contributed by atoms with Gasteiger partial charge in [0.2, 0.25) is 5.91 Å². The number of rotatable bonds is 4. The van der Waals surface area contributed by atoms with Crippen LogP contribution < -0.4 is 10.6 Å². The van der Waals surface area contributed by atoms with E-state index in [9.17, 15) is 14.7 Å². The molecule has 0 saturated carbocycles. The fourth-order valence-corrected chi connectivity index (χ4v) is 2.38. The number of hydrogen-bond acceptors (Lipinski definition) is 3. The van der Waals surface area contributed by atoms with Crippen molar-refractivity contribution in [3.05, 3.63) is 58.6 Å². The molecular weight excluding hydrogens is 340 g/mol. The molecule has 0 unspecified atom stereocenters. The minimum absolute atomic E-state index is 0.0254. The average Bonchev–Trinajstić information content (AvgIpc) is 2.53. The zero-order valence-electron chi connectivity index (χ0n) is 14.4. The monoisotopic (exact) mass is 360 g/mol. The first-order valence-corrected chi connectivity index (χ1v) is 8.22. The number of hydrogen-bond donors (Lipinski definition) is 3. The van der Waals surface area contributed by atoms with E-state index in [1.807, 2.05) is 26.8 Å². The van der Waals surface area contributed by atoms with E-state index >= 15 is 0 Å². The lowest BCUT2D eigenvalue weighted by atomic mass is 9.87. The van der Waals surface area contributed by atoms with E-state index in [4.69, 9.17) is 11.6 Å². The summed E-state index contributed by atoms with van der Waals surface area (Å²) in [5.41, 5.74) is 1.55. The Kier molecular flexibility index (Phi) is 5.69. The summed E-state index contributed by atoms with van der Waals surface area (Å²) in [7, 11) is 0. The van der Waals surface area contributed by atoms with E-state index in [1.54, 1.807) is 30.3 Å². The average molecular weight is 361 g/mol. The molecule has 25 heavy (non-hydrogen) atoms. The van der Waals surface area contributed by atoms with Gasteiger partial charge in [0.1, 0.15) is 5.75 Å². The highest BCUT2D eigenvalue weighted by molar-refractivity contribution is 6.31. The molecule has 2 aromatic carbocycles. The van der Waals surface area contributed by atoms with E-state index in [0.717, 1.165) is 5.56 Å². The maximum Gasteiger partial charge on any atom is 0.251 e. The van der Waals surface area contributed by atoms with Crippen LogP contribution in [0.4, 0.5) is 5.69 Å². The molecule has 0 radical (unpaired) electrons. The summed E-state index contributed by atoms with van der Waals surface area (Å²) in [6.07, 6.45) is 0. The first-order valence-electron chi connectivity index (χ1n) is 7.84. The highest BCUT2D eigenvalue weighted by atomic mass is 35.5. The summed E-state index contributed by atoms with van der Waals surface area (Å²) in [5.74, 6) is -0.857. The van der Waals surface area contributed by atoms with Gasteiger partial charge in [-0.2, -0.15) is 0 Å². The lowest BCUT2D eigenvalue weighted by molar-refractivity contribution is -0.115. The third-order valence-electron chi connectivity index (χ3n) is 3.63. The zero-order chi connectivity index (χ0) is 18.6. The van der Waals surface area contributed by atoms with Gasteiger partial charge in [-0.05, 0) is 41.3 Å². The van der Waals surface area contributed by atoms with Crippen molar-refractivity contribution in [3.8, 4) is 5.75 Å². The van der Waals surface area contributed by atoms with Crippen molar-refractivity contribution in [2.24, 2.45) is 0 Å². The number of benzene rings is 2. The van der Waals surface area contributed by atoms with Crippen LogP contribution in [-0.2, 0) is 10.2 Å². The highest BCUT2D eigenvalue weighted by Crippen LogP contribution is 2.30. The molecule has 0 spiro atoms. The van der Waals surface area contributed by atoms with Gasteiger partial charge in [0.05, 0.1) is 12.2 Å². The van der Waals surface area contributed by atoms with Gasteiger partial charge in [-0.3, -0.25) is 9.59 Å². The quantitative estimate of drug-likeness (QED) is 0.727. The van der Waals surface area contributed by atoms with Crippen LogP contribution >= 0.6 is 11.6 Å². The molecule has 0 aliphatic rings. The Balaban J connectivity index is 2.00. The second kappa shape index (κ2) is 7.57. The van der Waals surface area contributed by atoms with Crippen LogP contribution in [0.5, 0.6) is 5.75 Å². The molecule has 6 heteroatoms.